The molecule has 1 nitrogen and oxygen atoms in total. The van der Waals surface area contributed by atoms with Gasteiger partial charge in [-0.05, 0) is 35.8 Å². The van der Waals surface area contributed by atoms with Crippen LogP contribution in [0.5, 0.6) is 0 Å². The van der Waals surface area contributed by atoms with Crippen LogP contribution in [0.15, 0.2) is 24.3 Å². The van der Waals surface area contributed by atoms with E-state index in [-0.39, 0.29) is 0 Å². The molecule has 0 bridgehead atoms. The average molecular weight is 260 g/mol. The first-order chi connectivity index (χ1) is 9.05. The zero-order valence-electron chi connectivity index (χ0n) is 12.7. The van der Waals surface area contributed by atoms with Gasteiger partial charge in [0.15, 0.2) is 0 Å². The lowest BCUT2D eigenvalue weighted by molar-refractivity contribution is -0.0491. The fraction of sp³-hybridized carbons (Fsp3) is 0.667. The molecule has 1 heteroatoms. The fourth-order valence-electron chi connectivity index (χ4n) is 3.49. The van der Waals surface area contributed by atoms with Crippen LogP contribution in [-0.4, -0.2) is 10.7 Å². The van der Waals surface area contributed by atoms with Crippen LogP contribution >= 0.6 is 0 Å². The monoisotopic (exact) mass is 260 g/mol. The Bertz CT molecular complexity index is 393. The summed E-state index contributed by atoms with van der Waals surface area (Å²) >= 11 is 0. The van der Waals surface area contributed by atoms with Crippen molar-refractivity contribution in [2.75, 3.05) is 0 Å². The Morgan fingerprint density at radius 2 is 1.89 bits per heavy atom. The van der Waals surface area contributed by atoms with E-state index in [1.807, 2.05) is 0 Å². The Morgan fingerprint density at radius 1 is 1.21 bits per heavy atom. The summed E-state index contributed by atoms with van der Waals surface area (Å²) in [4.78, 5) is 0. The van der Waals surface area contributed by atoms with Gasteiger partial charge in [-0.2, -0.15) is 0 Å². The summed E-state index contributed by atoms with van der Waals surface area (Å²) in [5, 5.41) is 11.0. The zero-order valence-corrected chi connectivity index (χ0v) is 12.7. The Balaban J connectivity index is 2.10. The molecule has 1 aromatic rings. The summed E-state index contributed by atoms with van der Waals surface area (Å²) in [7, 11) is 0. The normalized spacial score (nSPS) is 27.7. The Hall–Kier alpha value is -0.820. The van der Waals surface area contributed by atoms with Crippen molar-refractivity contribution in [2.24, 2.45) is 5.92 Å². The minimum absolute atomic E-state index is 0.466. The van der Waals surface area contributed by atoms with E-state index >= 15 is 0 Å². The highest BCUT2D eigenvalue weighted by molar-refractivity contribution is 5.26. The number of aliphatic hydroxyl groups is 1. The van der Waals surface area contributed by atoms with Gasteiger partial charge in [0.25, 0.3) is 0 Å². The van der Waals surface area contributed by atoms with Crippen LogP contribution in [0.2, 0.25) is 0 Å². The van der Waals surface area contributed by atoms with Crippen molar-refractivity contribution in [1.29, 1.82) is 0 Å². The SMILES string of the molecule is CCC1CCCCC1(O)Cc1ccc(C(C)C)cc1. The van der Waals surface area contributed by atoms with E-state index in [1.54, 1.807) is 0 Å². The molecule has 0 heterocycles. The lowest BCUT2D eigenvalue weighted by atomic mass is 9.71. The quantitative estimate of drug-likeness (QED) is 0.833. The van der Waals surface area contributed by atoms with E-state index in [2.05, 4.69) is 45.0 Å². The summed E-state index contributed by atoms with van der Waals surface area (Å²) in [6.07, 6.45) is 6.54. The molecule has 2 atom stereocenters. The second-order valence-electron chi connectivity index (χ2n) is 6.53. The van der Waals surface area contributed by atoms with E-state index < -0.39 is 5.60 Å². The molecular formula is C18H28O. The second kappa shape index (κ2) is 6.09. The third-order valence-electron chi connectivity index (χ3n) is 4.82. The van der Waals surface area contributed by atoms with Crippen LogP contribution in [0.3, 0.4) is 0 Å². The smallest absolute Gasteiger partial charge is 0.0715 e. The van der Waals surface area contributed by atoms with Crippen molar-refractivity contribution in [3.63, 3.8) is 0 Å². The van der Waals surface area contributed by atoms with Crippen molar-refractivity contribution in [1.82, 2.24) is 0 Å². The minimum Gasteiger partial charge on any atom is -0.389 e. The molecule has 1 fully saturated rings. The summed E-state index contributed by atoms with van der Waals surface area (Å²) in [6, 6.07) is 8.84. The van der Waals surface area contributed by atoms with Gasteiger partial charge in [0.1, 0.15) is 0 Å². The third kappa shape index (κ3) is 3.39. The van der Waals surface area contributed by atoms with E-state index in [1.165, 1.54) is 30.4 Å². The zero-order chi connectivity index (χ0) is 13.9. The maximum Gasteiger partial charge on any atom is 0.0715 e. The number of hydrogen-bond donors (Lipinski definition) is 1. The fourth-order valence-corrected chi connectivity index (χ4v) is 3.49. The van der Waals surface area contributed by atoms with Crippen LogP contribution in [0.4, 0.5) is 0 Å². The summed E-state index contributed by atoms with van der Waals surface area (Å²) in [5.41, 5.74) is 2.20. The molecule has 106 valence electrons. The van der Waals surface area contributed by atoms with Gasteiger partial charge in [0, 0.05) is 6.42 Å². The van der Waals surface area contributed by atoms with Crippen LogP contribution in [0.1, 0.15) is 69.9 Å². The number of hydrogen-bond acceptors (Lipinski definition) is 1. The van der Waals surface area contributed by atoms with Crippen LogP contribution < -0.4 is 0 Å². The summed E-state index contributed by atoms with van der Waals surface area (Å²) in [6.45, 7) is 6.65. The number of benzene rings is 1. The molecule has 2 unspecified atom stereocenters. The molecule has 0 aliphatic heterocycles. The van der Waals surface area contributed by atoms with E-state index in [0.29, 0.717) is 11.8 Å². The lowest BCUT2D eigenvalue weighted by Gasteiger charge is -2.40. The molecule has 19 heavy (non-hydrogen) atoms. The second-order valence-corrected chi connectivity index (χ2v) is 6.53. The molecule has 1 aliphatic carbocycles. The van der Waals surface area contributed by atoms with Crippen LogP contribution in [0.25, 0.3) is 0 Å². The molecule has 0 aromatic heterocycles. The van der Waals surface area contributed by atoms with Crippen LogP contribution in [0, 0.1) is 5.92 Å². The first kappa shape index (κ1) is 14.6. The number of rotatable bonds is 4. The molecule has 1 aromatic carbocycles. The molecule has 1 aliphatic rings. The van der Waals surface area contributed by atoms with E-state index in [0.717, 1.165) is 19.3 Å². The largest absolute Gasteiger partial charge is 0.389 e. The van der Waals surface area contributed by atoms with Gasteiger partial charge in [0.2, 0.25) is 0 Å². The van der Waals surface area contributed by atoms with Gasteiger partial charge in [-0.3, -0.25) is 0 Å². The molecule has 0 radical (unpaired) electrons. The average Bonchev–Trinajstić information content (AvgIpc) is 2.39. The molecule has 0 amide bonds. The topological polar surface area (TPSA) is 20.2 Å². The Morgan fingerprint density at radius 3 is 2.47 bits per heavy atom. The van der Waals surface area contributed by atoms with Gasteiger partial charge in [-0.15, -0.1) is 0 Å². The minimum atomic E-state index is -0.466. The molecule has 1 N–H and O–H groups in total. The first-order valence-corrected chi connectivity index (χ1v) is 7.86. The maximum absolute atomic E-state index is 11.0. The van der Waals surface area contributed by atoms with Crippen LogP contribution in [-0.2, 0) is 6.42 Å². The molecule has 0 saturated heterocycles. The van der Waals surface area contributed by atoms with Gasteiger partial charge in [-0.25, -0.2) is 0 Å². The van der Waals surface area contributed by atoms with Gasteiger partial charge in [0.05, 0.1) is 5.60 Å². The summed E-state index contributed by atoms with van der Waals surface area (Å²) in [5.74, 6) is 1.06. The lowest BCUT2D eigenvalue weighted by Crippen LogP contribution is -2.42. The molecule has 1 saturated carbocycles. The highest BCUT2D eigenvalue weighted by atomic mass is 16.3. The highest BCUT2D eigenvalue weighted by Crippen LogP contribution is 2.38. The van der Waals surface area contributed by atoms with E-state index in [9.17, 15) is 5.11 Å². The Labute approximate surface area is 118 Å². The van der Waals surface area contributed by atoms with Crippen molar-refractivity contribution >= 4 is 0 Å². The highest BCUT2D eigenvalue weighted by Gasteiger charge is 2.37. The molecule has 0 spiro atoms. The van der Waals surface area contributed by atoms with Crippen molar-refractivity contribution in [3.8, 4) is 0 Å². The molecule has 2 rings (SSSR count). The van der Waals surface area contributed by atoms with Crippen molar-refractivity contribution in [3.05, 3.63) is 35.4 Å². The van der Waals surface area contributed by atoms with Gasteiger partial charge >= 0.3 is 0 Å². The standard InChI is InChI=1S/C18H28O/c1-4-17-7-5-6-12-18(17,19)13-15-8-10-16(11-9-15)14(2)3/h8-11,14,17,19H,4-7,12-13H2,1-3H3. The van der Waals surface area contributed by atoms with Gasteiger partial charge in [-0.1, -0.05) is 64.3 Å². The third-order valence-corrected chi connectivity index (χ3v) is 4.82. The maximum atomic E-state index is 11.0. The molecular weight excluding hydrogens is 232 g/mol. The van der Waals surface area contributed by atoms with Crippen molar-refractivity contribution in [2.45, 2.75) is 70.8 Å². The Kier molecular flexibility index (Phi) is 4.67. The predicted molar refractivity (Wildman–Crippen MR) is 81.4 cm³/mol. The predicted octanol–water partition coefficient (Wildman–Crippen LogP) is 4.68. The first-order valence-electron chi connectivity index (χ1n) is 7.86. The summed E-state index contributed by atoms with van der Waals surface area (Å²) < 4.78 is 0. The van der Waals surface area contributed by atoms with E-state index in [4.69, 9.17) is 0 Å². The van der Waals surface area contributed by atoms with Crippen molar-refractivity contribution < 1.29 is 5.11 Å². The van der Waals surface area contributed by atoms with Gasteiger partial charge < -0.3 is 5.11 Å².